The Labute approximate surface area is 78.4 Å². The number of hydrogen-bond donors (Lipinski definition) is 0. The molecule has 0 aromatic carbocycles. The molecular formula is C8H15NW. The smallest absolute Gasteiger partial charge is 0.345 e. The quantitative estimate of drug-likeness (QED) is 0.661. The summed E-state index contributed by atoms with van der Waals surface area (Å²) in [5.74, 6) is 0. The number of likely N-dealkylation sites (tertiary alicyclic amines) is 1. The van der Waals surface area contributed by atoms with Crippen LogP contribution in [0.4, 0.5) is 0 Å². The molecule has 1 fully saturated rings. The topological polar surface area (TPSA) is 3.24 Å². The van der Waals surface area contributed by atoms with Gasteiger partial charge >= 0.3 is 21.1 Å². The van der Waals surface area contributed by atoms with Crippen molar-refractivity contribution < 1.29 is 21.1 Å². The van der Waals surface area contributed by atoms with Crippen molar-refractivity contribution >= 4 is 0 Å². The summed E-state index contributed by atoms with van der Waals surface area (Å²) in [5.41, 5.74) is 0.273. The van der Waals surface area contributed by atoms with Crippen LogP contribution in [0.1, 0.15) is 12.8 Å². The Morgan fingerprint density at radius 3 is 2.40 bits per heavy atom. The van der Waals surface area contributed by atoms with Crippen LogP contribution in [0.3, 0.4) is 0 Å². The van der Waals surface area contributed by atoms with Crippen LogP contribution in [0, 0.1) is 19.3 Å². The molecule has 1 aliphatic rings. The van der Waals surface area contributed by atoms with Crippen molar-refractivity contribution in [2.24, 2.45) is 5.41 Å². The molecule has 0 saturated carbocycles. The molecule has 58 valence electrons. The summed E-state index contributed by atoms with van der Waals surface area (Å²) in [6, 6.07) is 0. The summed E-state index contributed by atoms with van der Waals surface area (Å²) >= 11 is 0. The first-order chi connectivity index (χ1) is 4.16. The molecule has 2 heteroatoms. The molecule has 0 aromatic rings. The minimum atomic E-state index is 0. The van der Waals surface area contributed by atoms with Gasteiger partial charge in [0, 0.05) is 0 Å². The Kier molecular flexibility index (Phi) is 4.13. The molecule has 1 saturated heterocycles. The third kappa shape index (κ3) is 2.36. The van der Waals surface area contributed by atoms with E-state index in [0.29, 0.717) is 0 Å². The van der Waals surface area contributed by atoms with Gasteiger partial charge in [-0.05, 0) is 20.1 Å². The first-order valence-corrected chi connectivity index (χ1v) is 3.49. The summed E-state index contributed by atoms with van der Waals surface area (Å²) in [7, 11) is 2.14. The first kappa shape index (κ1) is 10.6. The zero-order chi connectivity index (χ0) is 6.91. The average molecular weight is 309 g/mol. The van der Waals surface area contributed by atoms with E-state index in [4.69, 9.17) is 0 Å². The standard InChI is InChI=1S/C8H15N.W/c1-4-8(2)5-6-9(3)7-8;/h1-2,4-7H2,3H3;/q-2;+2. The van der Waals surface area contributed by atoms with Crippen molar-refractivity contribution in [1.82, 2.24) is 4.90 Å². The van der Waals surface area contributed by atoms with Crippen molar-refractivity contribution in [1.29, 1.82) is 0 Å². The molecule has 1 atom stereocenters. The predicted octanol–water partition coefficient (Wildman–Crippen LogP) is 1.36. The molecule has 10 heavy (non-hydrogen) atoms. The van der Waals surface area contributed by atoms with Crippen molar-refractivity contribution in [3.63, 3.8) is 0 Å². The van der Waals surface area contributed by atoms with E-state index in [1.807, 2.05) is 0 Å². The van der Waals surface area contributed by atoms with E-state index in [1.165, 1.54) is 13.0 Å². The molecular weight excluding hydrogens is 294 g/mol. The molecule has 0 aliphatic carbocycles. The Balaban J connectivity index is 0.000000810. The number of hydrogen-bond acceptors (Lipinski definition) is 1. The van der Waals surface area contributed by atoms with E-state index < -0.39 is 0 Å². The van der Waals surface area contributed by atoms with Crippen LogP contribution in [0.25, 0.3) is 0 Å². The van der Waals surface area contributed by atoms with E-state index in [2.05, 4.69) is 25.8 Å². The van der Waals surface area contributed by atoms with E-state index in [0.717, 1.165) is 13.0 Å². The fourth-order valence-electron chi connectivity index (χ4n) is 1.36. The fraction of sp³-hybridized carbons (Fsp3) is 0.750. The van der Waals surface area contributed by atoms with Gasteiger partial charge in [0.05, 0.1) is 0 Å². The van der Waals surface area contributed by atoms with E-state index in [9.17, 15) is 0 Å². The summed E-state index contributed by atoms with van der Waals surface area (Å²) < 4.78 is 0. The van der Waals surface area contributed by atoms with Gasteiger partial charge in [-0.2, -0.15) is 5.41 Å². The van der Waals surface area contributed by atoms with Crippen LogP contribution >= 0.6 is 0 Å². The predicted molar refractivity (Wildman–Crippen MR) is 39.9 cm³/mol. The summed E-state index contributed by atoms with van der Waals surface area (Å²) in [6.45, 7) is 10.3. The van der Waals surface area contributed by atoms with Gasteiger partial charge in [-0.1, -0.05) is 6.42 Å². The van der Waals surface area contributed by atoms with Gasteiger partial charge in [0.1, 0.15) is 0 Å². The molecule has 0 amide bonds. The van der Waals surface area contributed by atoms with Crippen LogP contribution in [0.5, 0.6) is 0 Å². The van der Waals surface area contributed by atoms with Gasteiger partial charge in [-0.15, -0.1) is 0 Å². The third-order valence-corrected chi connectivity index (χ3v) is 2.16. The summed E-state index contributed by atoms with van der Waals surface area (Å²) in [4.78, 5) is 2.32. The SMILES string of the molecule is [CH2-]CC1([CH2-])CCN(C)C1.[W+2]. The maximum absolute atomic E-state index is 4.13. The molecule has 1 rings (SSSR count). The van der Waals surface area contributed by atoms with Crippen LogP contribution in [-0.2, 0) is 21.1 Å². The van der Waals surface area contributed by atoms with E-state index in [-0.39, 0.29) is 26.5 Å². The molecule has 1 aliphatic heterocycles. The minimum absolute atomic E-state index is 0. The third-order valence-electron chi connectivity index (χ3n) is 2.16. The zero-order valence-electron chi connectivity index (χ0n) is 6.60. The van der Waals surface area contributed by atoms with Crippen molar-refractivity contribution in [3.8, 4) is 0 Å². The second-order valence-electron chi connectivity index (χ2n) is 3.24. The monoisotopic (exact) mass is 309 g/mol. The van der Waals surface area contributed by atoms with Crippen molar-refractivity contribution in [2.75, 3.05) is 20.1 Å². The Hall–Kier alpha value is 0.648. The Morgan fingerprint density at radius 2 is 2.20 bits per heavy atom. The van der Waals surface area contributed by atoms with Gasteiger partial charge in [0.25, 0.3) is 0 Å². The van der Waals surface area contributed by atoms with Crippen molar-refractivity contribution in [2.45, 2.75) is 12.8 Å². The number of nitrogens with zero attached hydrogens (tertiary/aromatic N) is 1. The fourth-order valence-corrected chi connectivity index (χ4v) is 1.36. The summed E-state index contributed by atoms with van der Waals surface area (Å²) in [5, 5.41) is 0. The van der Waals surface area contributed by atoms with E-state index in [1.54, 1.807) is 0 Å². The minimum Gasteiger partial charge on any atom is -0.345 e. The van der Waals surface area contributed by atoms with Gasteiger partial charge in [-0.25, -0.2) is 6.42 Å². The van der Waals surface area contributed by atoms with Gasteiger partial charge in [0.15, 0.2) is 0 Å². The van der Waals surface area contributed by atoms with Gasteiger partial charge in [-0.3, -0.25) is 0 Å². The van der Waals surface area contributed by atoms with Crippen LogP contribution in [0.2, 0.25) is 0 Å². The second kappa shape index (κ2) is 3.87. The molecule has 0 spiro atoms. The normalized spacial score (nSPS) is 33.9. The molecule has 1 nitrogen and oxygen atoms in total. The molecule has 1 heterocycles. The Bertz CT molecular complexity index is 105. The molecule has 0 radical (unpaired) electrons. The molecule has 0 bridgehead atoms. The summed E-state index contributed by atoms with van der Waals surface area (Å²) in [6.07, 6.45) is 2.18. The maximum atomic E-state index is 4.13. The largest absolute Gasteiger partial charge is 2.00 e. The zero-order valence-corrected chi connectivity index (χ0v) is 9.53. The van der Waals surface area contributed by atoms with Crippen LogP contribution in [0.15, 0.2) is 0 Å². The van der Waals surface area contributed by atoms with Crippen LogP contribution in [-0.4, -0.2) is 25.0 Å². The molecule has 0 aromatic heterocycles. The molecule has 1 unspecified atom stereocenters. The van der Waals surface area contributed by atoms with Crippen LogP contribution < -0.4 is 0 Å². The van der Waals surface area contributed by atoms with Gasteiger partial charge < -0.3 is 18.7 Å². The number of rotatable bonds is 1. The van der Waals surface area contributed by atoms with Crippen molar-refractivity contribution in [3.05, 3.63) is 13.8 Å². The van der Waals surface area contributed by atoms with E-state index >= 15 is 0 Å². The maximum Gasteiger partial charge on any atom is 2.00 e. The van der Waals surface area contributed by atoms with Gasteiger partial charge in [0.2, 0.25) is 0 Å². The second-order valence-corrected chi connectivity index (χ2v) is 3.24. The molecule has 0 N–H and O–H groups in total. The first-order valence-electron chi connectivity index (χ1n) is 3.49. The average Bonchev–Trinajstić information content (AvgIpc) is 2.13. The Morgan fingerprint density at radius 1 is 1.60 bits per heavy atom.